The van der Waals surface area contributed by atoms with Crippen LogP contribution in [0.15, 0.2) is 36.4 Å². The van der Waals surface area contributed by atoms with E-state index in [1.165, 1.54) is 18.2 Å². The van der Waals surface area contributed by atoms with Gasteiger partial charge in [-0.15, -0.1) is 0 Å². The molecule has 0 aliphatic carbocycles. The lowest BCUT2D eigenvalue weighted by atomic mass is 9.92. The maximum Gasteiger partial charge on any atom is 0.421 e. The van der Waals surface area contributed by atoms with Crippen LogP contribution in [0.25, 0.3) is 10.8 Å². The molecule has 1 N–H and O–H groups in total. The zero-order valence-corrected chi connectivity index (χ0v) is 11.7. The van der Waals surface area contributed by atoms with Gasteiger partial charge in [0.2, 0.25) is 0 Å². The van der Waals surface area contributed by atoms with Gasteiger partial charge in [0.1, 0.15) is 0 Å². The summed E-state index contributed by atoms with van der Waals surface area (Å²) in [5.74, 6) is -0.0248. The van der Waals surface area contributed by atoms with Gasteiger partial charge >= 0.3 is 6.18 Å². The summed E-state index contributed by atoms with van der Waals surface area (Å²) < 4.78 is 38.5. The van der Waals surface area contributed by atoms with Gasteiger partial charge < -0.3 is 5.11 Å². The number of benzene rings is 2. The van der Waals surface area contributed by atoms with E-state index in [9.17, 15) is 23.1 Å². The molecule has 5 heteroatoms. The summed E-state index contributed by atoms with van der Waals surface area (Å²) in [5, 5.41) is 10.9. The molecule has 112 valence electrons. The smallest absolute Gasteiger partial charge is 0.376 e. The number of alkyl halides is 3. The molecular weight excluding hydrogens is 281 g/mol. The predicted octanol–water partition coefficient (Wildman–Crippen LogP) is 4.20. The molecule has 0 radical (unpaired) electrons. The average molecular weight is 296 g/mol. The van der Waals surface area contributed by atoms with E-state index in [0.29, 0.717) is 22.8 Å². The Morgan fingerprint density at radius 3 is 2.24 bits per heavy atom. The molecule has 21 heavy (non-hydrogen) atoms. The quantitative estimate of drug-likeness (QED) is 0.862. The van der Waals surface area contributed by atoms with Crippen LogP contribution in [-0.2, 0) is 5.60 Å². The van der Waals surface area contributed by atoms with Crippen molar-refractivity contribution in [2.45, 2.75) is 32.0 Å². The Bertz CT molecular complexity index is 687. The summed E-state index contributed by atoms with van der Waals surface area (Å²) >= 11 is 0. The lowest BCUT2D eigenvalue weighted by Gasteiger charge is -2.27. The summed E-state index contributed by atoms with van der Waals surface area (Å²) in [6.07, 6.45) is -4.38. The first kappa shape index (κ1) is 15.5. The fourth-order valence-electron chi connectivity index (χ4n) is 2.09. The number of hydrogen-bond donors (Lipinski definition) is 1. The van der Waals surface area contributed by atoms with Crippen molar-refractivity contribution in [3.8, 4) is 0 Å². The number of ketones is 1. The number of hydrogen-bond acceptors (Lipinski definition) is 2. The van der Waals surface area contributed by atoms with Gasteiger partial charge in [0.05, 0.1) is 0 Å². The summed E-state index contributed by atoms with van der Waals surface area (Å²) in [5.41, 5.74) is -2.60. The van der Waals surface area contributed by atoms with E-state index in [-0.39, 0.29) is 11.3 Å². The Morgan fingerprint density at radius 2 is 1.67 bits per heavy atom. The van der Waals surface area contributed by atoms with Crippen molar-refractivity contribution < 1.29 is 23.1 Å². The Morgan fingerprint density at radius 1 is 1.10 bits per heavy atom. The standard InChI is InChI=1S/C16H15F3O2/c1-3-14(20)12-5-4-11-9-13(7-6-10(11)8-12)15(2,21)16(17,18)19/h4-9,21H,3H2,1-2H3. The molecule has 2 aromatic carbocycles. The van der Waals surface area contributed by atoms with E-state index in [2.05, 4.69) is 0 Å². The minimum Gasteiger partial charge on any atom is -0.376 e. The van der Waals surface area contributed by atoms with Crippen LogP contribution in [0, 0.1) is 0 Å². The molecule has 0 aliphatic rings. The third-order valence-corrected chi connectivity index (χ3v) is 3.60. The fourth-order valence-corrected chi connectivity index (χ4v) is 2.09. The molecule has 1 unspecified atom stereocenters. The minimum atomic E-state index is -4.75. The predicted molar refractivity (Wildman–Crippen MR) is 74.2 cm³/mol. The van der Waals surface area contributed by atoms with E-state index in [1.807, 2.05) is 0 Å². The number of fused-ring (bicyclic) bond motifs is 1. The number of Topliss-reactive ketones (excluding diaryl/α,β-unsaturated/α-hetero) is 1. The highest BCUT2D eigenvalue weighted by molar-refractivity contribution is 5.99. The summed E-state index contributed by atoms with van der Waals surface area (Å²) in [7, 11) is 0. The molecule has 0 aromatic heterocycles. The average Bonchev–Trinajstić information content (AvgIpc) is 2.44. The van der Waals surface area contributed by atoms with Crippen molar-refractivity contribution in [2.24, 2.45) is 0 Å². The highest BCUT2D eigenvalue weighted by Crippen LogP contribution is 2.39. The summed E-state index contributed by atoms with van der Waals surface area (Å²) in [4.78, 5) is 11.6. The first-order valence-corrected chi connectivity index (χ1v) is 6.53. The lowest BCUT2D eigenvalue weighted by molar-refractivity contribution is -0.258. The molecule has 0 spiro atoms. The largest absolute Gasteiger partial charge is 0.421 e. The molecule has 0 bridgehead atoms. The van der Waals surface area contributed by atoms with Crippen molar-refractivity contribution in [3.05, 3.63) is 47.5 Å². The molecule has 2 aromatic rings. The number of halogens is 3. The maximum atomic E-state index is 12.8. The number of rotatable bonds is 3. The van der Waals surface area contributed by atoms with Gasteiger partial charge in [-0.25, -0.2) is 0 Å². The number of carbonyl (C=O) groups excluding carboxylic acids is 1. The molecule has 2 rings (SSSR count). The van der Waals surface area contributed by atoms with E-state index >= 15 is 0 Å². The van der Waals surface area contributed by atoms with Crippen LogP contribution in [0.2, 0.25) is 0 Å². The topological polar surface area (TPSA) is 37.3 Å². The number of carbonyl (C=O) groups is 1. The molecular formula is C16H15F3O2. The first-order chi connectivity index (χ1) is 9.66. The Labute approximate surface area is 120 Å². The number of aliphatic hydroxyl groups is 1. The second-order valence-electron chi connectivity index (χ2n) is 5.12. The van der Waals surface area contributed by atoms with Gasteiger partial charge in [-0.1, -0.05) is 31.2 Å². The SMILES string of the molecule is CCC(=O)c1ccc2cc(C(C)(O)C(F)(F)F)ccc2c1. The second-order valence-corrected chi connectivity index (χ2v) is 5.12. The van der Waals surface area contributed by atoms with Gasteiger partial charge in [0, 0.05) is 12.0 Å². The molecule has 1 atom stereocenters. The summed E-state index contributed by atoms with van der Waals surface area (Å²) in [6, 6.07) is 8.83. The van der Waals surface area contributed by atoms with Crippen LogP contribution in [0.4, 0.5) is 13.2 Å². The van der Waals surface area contributed by atoms with Crippen molar-refractivity contribution in [2.75, 3.05) is 0 Å². The molecule has 0 fully saturated rings. The normalized spacial score (nSPS) is 15.0. The molecule has 0 heterocycles. The Balaban J connectivity index is 2.51. The molecule has 0 saturated carbocycles. The summed E-state index contributed by atoms with van der Waals surface area (Å²) in [6.45, 7) is 2.47. The third kappa shape index (κ3) is 2.78. The monoisotopic (exact) mass is 296 g/mol. The van der Waals surface area contributed by atoms with Gasteiger partial charge in [-0.05, 0) is 35.4 Å². The van der Waals surface area contributed by atoms with Crippen LogP contribution >= 0.6 is 0 Å². The van der Waals surface area contributed by atoms with E-state index in [4.69, 9.17) is 0 Å². The van der Waals surface area contributed by atoms with Crippen LogP contribution in [0.5, 0.6) is 0 Å². The van der Waals surface area contributed by atoms with Gasteiger partial charge in [-0.3, -0.25) is 4.79 Å². The second kappa shape index (κ2) is 5.15. The van der Waals surface area contributed by atoms with E-state index in [1.54, 1.807) is 25.1 Å². The molecule has 0 aliphatic heterocycles. The third-order valence-electron chi connectivity index (χ3n) is 3.60. The Hall–Kier alpha value is -1.88. The van der Waals surface area contributed by atoms with Crippen molar-refractivity contribution in [1.82, 2.24) is 0 Å². The fraction of sp³-hybridized carbons (Fsp3) is 0.312. The highest BCUT2D eigenvalue weighted by Gasteiger charge is 2.51. The molecule has 0 saturated heterocycles. The van der Waals surface area contributed by atoms with Crippen LogP contribution in [-0.4, -0.2) is 17.1 Å². The van der Waals surface area contributed by atoms with Crippen LogP contribution in [0.3, 0.4) is 0 Å². The van der Waals surface area contributed by atoms with Crippen molar-refractivity contribution >= 4 is 16.6 Å². The lowest BCUT2D eigenvalue weighted by Crippen LogP contribution is -2.39. The maximum absolute atomic E-state index is 12.8. The van der Waals surface area contributed by atoms with Gasteiger partial charge in [-0.2, -0.15) is 13.2 Å². The minimum absolute atomic E-state index is 0.0248. The molecule has 0 amide bonds. The van der Waals surface area contributed by atoms with Crippen LogP contribution in [0.1, 0.15) is 36.2 Å². The van der Waals surface area contributed by atoms with E-state index < -0.39 is 11.8 Å². The van der Waals surface area contributed by atoms with Crippen molar-refractivity contribution in [3.63, 3.8) is 0 Å². The zero-order valence-electron chi connectivity index (χ0n) is 11.7. The van der Waals surface area contributed by atoms with Crippen LogP contribution < -0.4 is 0 Å². The van der Waals surface area contributed by atoms with Gasteiger partial charge in [0.25, 0.3) is 0 Å². The molecule has 2 nitrogen and oxygen atoms in total. The van der Waals surface area contributed by atoms with Crippen molar-refractivity contribution in [1.29, 1.82) is 0 Å². The highest BCUT2D eigenvalue weighted by atomic mass is 19.4. The zero-order chi connectivity index (χ0) is 15.8. The van der Waals surface area contributed by atoms with E-state index in [0.717, 1.165) is 6.92 Å². The Kier molecular flexibility index (Phi) is 3.80. The first-order valence-electron chi connectivity index (χ1n) is 6.53. The van der Waals surface area contributed by atoms with Gasteiger partial charge in [0.15, 0.2) is 11.4 Å².